The number of aromatic nitrogens is 2. The Morgan fingerprint density at radius 1 is 1.28 bits per heavy atom. The van der Waals surface area contributed by atoms with Crippen molar-refractivity contribution in [3.8, 4) is 12.1 Å². The van der Waals surface area contributed by atoms with Crippen molar-refractivity contribution in [2.45, 2.75) is 0 Å². The first-order valence-corrected chi connectivity index (χ1v) is 5.24. The largest absolute Gasteiger partial charge is 0.311 e. The van der Waals surface area contributed by atoms with Crippen molar-refractivity contribution in [1.82, 2.24) is 15.1 Å². The molecule has 0 bridgehead atoms. The molecule has 0 radical (unpaired) electrons. The minimum absolute atomic E-state index is 0.131. The first-order valence-electron chi connectivity index (χ1n) is 5.24. The molecule has 0 saturated carbocycles. The van der Waals surface area contributed by atoms with E-state index in [0.29, 0.717) is 5.39 Å². The van der Waals surface area contributed by atoms with Gasteiger partial charge in [-0.05, 0) is 6.07 Å². The predicted octanol–water partition coefficient (Wildman–Crippen LogP) is 1.05. The van der Waals surface area contributed by atoms with E-state index in [2.05, 4.69) is 10.2 Å². The van der Waals surface area contributed by atoms with Gasteiger partial charge in [0, 0.05) is 5.39 Å². The van der Waals surface area contributed by atoms with Crippen LogP contribution in [0.2, 0.25) is 0 Å². The third-order valence-electron chi connectivity index (χ3n) is 2.48. The molecular weight excluding hydrogens is 230 g/mol. The number of carbonyl (C=O) groups excluding carboxylic acids is 1. The van der Waals surface area contributed by atoms with Crippen LogP contribution < -0.4 is 0 Å². The Balaban J connectivity index is 2.39. The quantitative estimate of drug-likeness (QED) is 0.809. The second-order valence-corrected chi connectivity index (χ2v) is 3.60. The average Bonchev–Trinajstić information content (AvgIpc) is 2.81. The minimum Gasteiger partial charge on any atom is -0.311 e. The molecule has 1 heterocycles. The Morgan fingerprint density at radius 2 is 1.94 bits per heavy atom. The molecular formula is C12H9N5O. The van der Waals surface area contributed by atoms with Crippen molar-refractivity contribution < 1.29 is 4.79 Å². The zero-order valence-corrected chi connectivity index (χ0v) is 9.42. The molecule has 1 aromatic carbocycles. The summed E-state index contributed by atoms with van der Waals surface area (Å²) in [7, 11) is 0. The van der Waals surface area contributed by atoms with Crippen LogP contribution in [-0.2, 0) is 0 Å². The molecule has 0 saturated heterocycles. The number of amides is 1. The maximum Gasteiger partial charge on any atom is 0.276 e. The molecule has 18 heavy (non-hydrogen) atoms. The van der Waals surface area contributed by atoms with Gasteiger partial charge in [-0.3, -0.25) is 9.89 Å². The molecule has 0 spiro atoms. The van der Waals surface area contributed by atoms with Crippen LogP contribution in [0.5, 0.6) is 0 Å². The van der Waals surface area contributed by atoms with Gasteiger partial charge in [-0.25, -0.2) is 0 Å². The Bertz CT molecular complexity index is 645. The summed E-state index contributed by atoms with van der Waals surface area (Å²) in [5.74, 6) is -0.421. The number of para-hydroxylation sites is 1. The average molecular weight is 239 g/mol. The third-order valence-corrected chi connectivity index (χ3v) is 2.48. The van der Waals surface area contributed by atoms with Crippen LogP contribution in [0, 0.1) is 22.7 Å². The lowest BCUT2D eigenvalue weighted by Crippen LogP contribution is -2.32. The summed E-state index contributed by atoms with van der Waals surface area (Å²) >= 11 is 0. The number of hydrogen-bond acceptors (Lipinski definition) is 4. The van der Waals surface area contributed by atoms with Crippen LogP contribution in [0.3, 0.4) is 0 Å². The number of rotatable bonds is 3. The van der Waals surface area contributed by atoms with Gasteiger partial charge in [-0.2, -0.15) is 15.6 Å². The summed E-state index contributed by atoms with van der Waals surface area (Å²) in [6, 6.07) is 10.9. The number of aromatic amines is 1. The lowest BCUT2D eigenvalue weighted by Gasteiger charge is -2.13. The molecule has 0 aliphatic rings. The van der Waals surface area contributed by atoms with Crippen molar-refractivity contribution in [3.63, 3.8) is 0 Å². The Kier molecular flexibility index (Phi) is 3.22. The molecule has 1 amide bonds. The monoisotopic (exact) mass is 239 g/mol. The molecule has 6 nitrogen and oxygen atoms in total. The van der Waals surface area contributed by atoms with Gasteiger partial charge in [-0.15, -0.1) is 0 Å². The number of nitrogens with zero attached hydrogens (tertiary/aromatic N) is 4. The van der Waals surface area contributed by atoms with Gasteiger partial charge in [0.1, 0.15) is 13.1 Å². The van der Waals surface area contributed by atoms with Crippen LogP contribution in [0.4, 0.5) is 0 Å². The van der Waals surface area contributed by atoms with Crippen molar-refractivity contribution in [2.75, 3.05) is 13.1 Å². The molecule has 2 aromatic rings. The van der Waals surface area contributed by atoms with E-state index in [1.165, 1.54) is 0 Å². The molecule has 0 aliphatic heterocycles. The zero-order chi connectivity index (χ0) is 13.0. The normalized spacial score (nSPS) is 9.67. The van der Waals surface area contributed by atoms with Gasteiger partial charge >= 0.3 is 0 Å². The number of hydrogen-bond donors (Lipinski definition) is 1. The summed E-state index contributed by atoms with van der Waals surface area (Å²) in [5.41, 5.74) is 0.978. The van der Waals surface area contributed by atoms with E-state index in [9.17, 15) is 4.79 Å². The van der Waals surface area contributed by atoms with E-state index in [1.54, 1.807) is 18.2 Å². The fraction of sp³-hybridized carbons (Fsp3) is 0.167. The molecule has 2 rings (SSSR count). The van der Waals surface area contributed by atoms with E-state index in [0.717, 1.165) is 10.4 Å². The van der Waals surface area contributed by atoms with Crippen LogP contribution in [-0.4, -0.2) is 34.1 Å². The Hall–Kier alpha value is -2.86. The van der Waals surface area contributed by atoms with Gasteiger partial charge in [-0.1, -0.05) is 18.2 Å². The van der Waals surface area contributed by atoms with Crippen molar-refractivity contribution in [2.24, 2.45) is 0 Å². The number of nitriles is 2. The Morgan fingerprint density at radius 3 is 2.61 bits per heavy atom. The van der Waals surface area contributed by atoms with E-state index in [4.69, 9.17) is 10.5 Å². The second kappa shape index (κ2) is 4.98. The lowest BCUT2D eigenvalue weighted by atomic mass is 10.2. The molecule has 1 N–H and O–H groups in total. The van der Waals surface area contributed by atoms with Crippen LogP contribution >= 0.6 is 0 Å². The third kappa shape index (κ3) is 2.00. The van der Waals surface area contributed by atoms with Gasteiger partial charge in [0.15, 0.2) is 5.69 Å². The molecule has 0 atom stereocenters. The maximum atomic E-state index is 12.1. The molecule has 1 aromatic heterocycles. The fourth-order valence-corrected chi connectivity index (χ4v) is 1.65. The number of nitrogens with one attached hydrogen (secondary N) is 1. The standard InChI is InChI=1S/C12H9N5O/c13-5-7-17(8-6-14)12(18)11-9-3-1-2-4-10(9)15-16-11/h1-4H,7-8H2,(H,15,16). The zero-order valence-electron chi connectivity index (χ0n) is 9.42. The number of carbonyl (C=O) groups is 1. The molecule has 6 heteroatoms. The topological polar surface area (TPSA) is 96.6 Å². The Labute approximate surface area is 103 Å². The SMILES string of the molecule is N#CCN(CC#N)C(=O)c1n[nH]c2ccccc12. The summed E-state index contributed by atoms with van der Waals surface area (Å²) in [6.45, 7) is -0.263. The second-order valence-electron chi connectivity index (χ2n) is 3.60. The predicted molar refractivity (Wildman–Crippen MR) is 63.2 cm³/mol. The van der Waals surface area contributed by atoms with Crippen LogP contribution in [0.1, 0.15) is 10.5 Å². The number of H-pyrrole nitrogens is 1. The number of benzene rings is 1. The van der Waals surface area contributed by atoms with E-state index in [1.807, 2.05) is 18.2 Å². The van der Waals surface area contributed by atoms with Gasteiger partial charge in [0.05, 0.1) is 17.7 Å². The summed E-state index contributed by atoms with van der Waals surface area (Å²) in [5, 5.41) is 24.7. The molecule has 0 aliphatic carbocycles. The smallest absolute Gasteiger partial charge is 0.276 e. The van der Waals surface area contributed by atoms with Crippen LogP contribution in [0.25, 0.3) is 10.9 Å². The highest BCUT2D eigenvalue weighted by molar-refractivity contribution is 6.04. The first kappa shape index (κ1) is 11.6. The van der Waals surface area contributed by atoms with Gasteiger partial charge in [0.25, 0.3) is 5.91 Å². The van der Waals surface area contributed by atoms with E-state index in [-0.39, 0.29) is 18.8 Å². The highest BCUT2D eigenvalue weighted by atomic mass is 16.2. The van der Waals surface area contributed by atoms with Gasteiger partial charge < -0.3 is 4.90 Å². The molecule has 0 fully saturated rings. The summed E-state index contributed by atoms with van der Waals surface area (Å²) < 4.78 is 0. The van der Waals surface area contributed by atoms with Gasteiger partial charge in [0.2, 0.25) is 0 Å². The van der Waals surface area contributed by atoms with Crippen LogP contribution in [0.15, 0.2) is 24.3 Å². The molecule has 0 unspecified atom stereocenters. The highest BCUT2D eigenvalue weighted by Crippen LogP contribution is 2.16. The number of fused-ring (bicyclic) bond motifs is 1. The van der Waals surface area contributed by atoms with E-state index >= 15 is 0 Å². The van der Waals surface area contributed by atoms with Crippen molar-refractivity contribution >= 4 is 16.8 Å². The minimum atomic E-state index is -0.421. The van der Waals surface area contributed by atoms with Crippen molar-refractivity contribution in [1.29, 1.82) is 10.5 Å². The van der Waals surface area contributed by atoms with Crippen molar-refractivity contribution in [3.05, 3.63) is 30.0 Å². The first-order chi connectivity index (χ1) is 8.77. The highest BCUT2D eigenvalue weighted by Gasteiger charge is 2.20. The summed E-state index contributed by atoms with van der Waals surface area (Å²) in [4.78, 5) is 13.3. The lowest BCUT2D eigenvalue weighted by molar-refractivity contribution is 0.0791. The van der Waals surface area contributed by atoms with E-state index < -0.39 is 5.91 Å². The molecule has 88 valence electrons. The fourth-order valence-electron chi connectivity index (χ4n) is 1.65. The maximum absolute atomic E-state index is 12.1. The summed E-state index contributed by atoms with van der Waals surface area (Å²) in [6.07, 6.45) is 0.